The second-order valence-corrected chi connectivity index (χ2v) is 3.35. The van der Waals surface area contributed by atoms with Crippen LogP contribution >= 0.6 is 0 Å². The van der Waals surface area contributed by atoms with Crippen LogP contribution in [0.1, 0.15) is 22.8 Å². The van der Waals surface area contributed by atoms with E-state index in [0.717, 1.165) is 5.56 Å². The van der Waals surface area contributed by atoms with Crippen LogP contribution < -0.4 is 5.32 Å². The maximum Gasteiger partial charge on any atom is 0.219 e. The number of nitrogens with two attached hydrogens (primary N) is 1. The van der Waals surface area contributed by atoms with Crippen LogP contribution in [0, 0.1) is 6.92 Å². The smallest absolute Gasteiger partial charge is 0.219 e. The first kappa shape index (κ1) is 9.93. The number of ketones is 1. The van der Waals surface area contributed by atoms with Gasteiger partial charge in [-0.25, -0.2) is 0 Å². The van der Waals surface area contributed by atoms with Crippen LogP contribution in [0.25, 0.3) is 0 Å². The fraction of sp³-hybridized carbons (Fsp3) is 0.364. The third-order valence-corrected chi connectivity index (χ3v) is 2.25. The largest absolute Gasteiger partial charge is 0.340 e. The molecule has 0 heterocycles. The summed E-state index contributed by atoms with van der Waals surface area (Å²) in [5.74, 6) is 0.197. The molecule has 0 spiro atoms. The minimum atomic E-state index is 0.0164. The van der Waals surface area contributed by atoms with Crippen molar-refractivity contribution in [2.75, 3.05) is 7.05 Å². The van der Waals surface area contributed by atoms with Gasteiger partial charge in [-0.2, -0.15) is 0 Å². The van der Waals surface area contributed by atoms with Crippen molar-refractivity contribution in [3.63, 3.8) is 0 Å². The van der Waals surface area contributed by atoms with Crippen LogP contribution in [0.5, 0.6) is 0 Å². The highest BCUT2D eigenvalue weighted by Crippen LogP contribution is 2.04. The summed E-state index contributed by atoms with van der Waals surface area (Å²) in [6, 6.07) is 7.73. The molecule has 1 aromatic carbocycles. The van der Waals surface area contributed by atoms with E-state index in [1.165, 1.54) is 5.56 Å². The molecule has 1 unspecified atom stereocenters. The maximum atomic E-state index is 11.7. The van der Waals surface area contributed by atoms with Gasteiger partial charge >= 0.3 is 0 Å². The van der Waals surface area contributed by atoms with Crippen LogP contribution in [0.4, 0.5) is 0 Å². The molecule has 0 bridgehead atoms. The van der Waals surface area contributed by atoms with Gasteiger partial charge in [0.15, 0.2) is 0 Å². The molecule has 2 nitrogen and oxygen atoms in total. The average Bonchev–Trinajstić information content (AvgIpc) is 2.17. The number of carbonyl (C=O) groups excluding carboxylic acids is 1. The van der Waals surface area contributed by atoms with Gasteiger partial charge in [0, 0.05) is 5.56 Å². The zero-order valence-corrected chi connectivity index (χ0v) is 8.37. The molecule has 2 N–H and O–H groups in total. The first-order chi connectivity index (χ1) is 6.15. The second-order valence-electron chi connectivity index (χ2n) is 3.35. The third kappa shape index (κ3) is 2.39. The summed E-state index contributed by atoms with van der Waals surface area (Å²) < 4.78 is 0. The highest BCUT2D eigenvalue weighted by Gasteiger charge is 2.15. The van der Waals surface area contributed by atoms with E-state index >= 15 is 0 Å². The number of Topliss-reactive ketones (excluding diaryl/α,β-unsaturated/α-hetero) is 1. The molecule has 0 saturated heterocycles. The lowest BCUT2D eigenvalue weighted by Crippen LogP contribution is -2.87. The van der Waals surface area contributed by atoms with Crippen molar-refractivity contribution in [2.24, 2.45) is 0 Å². The highest BCUT2D eigenvalue weighted by atomic mass is 16.1. The number of hydrogen-bond donors (Lipinski definition) is 1. The van der Waals surface area contributed by atoms with Gasteiger partial charge < -0.3 is 5.32 Å². The molecule has 1 rings (SSSR count). The summed E-state index contributed by atoms with van der Waals surface area (Å²) in [6.45, 7) is 3.94. The molecular formula is C11H16NO+. The van der Waals surface area contributed by atoms with Crippen molar-refractivity contribution in [1.82, 2.24) is 0 Å². The fourth-order valence-corrected chi connectivity index (χ4v) is 1.13. The molecular weight excluding hydrogens is 162 g/mol. The van der Waals surface area contributed by atoms with Crippen molar-refractivity contribution in [2.45, 2.75) is 19.9 Å². The van der Waals surface area contributed by atoms with Crippen LogP contribution in [-0.4, -0.2) is 18.9 Å². The minimum absolute atomic E-state index is 0.0164. The Morgan fingerprint density at radius 2 is 1.85 bits per heavy atom. The molecule has 2 heteroatoms. The number of benzene rings is 1. The molecule has 13 heavy (non-hydrogen) atoms. The number of hydrogen-bond acceptors (Lipinski definition) is 1. The average molecular weight is 178 g/mol. The van der Waals surface area contributed by atoms with Crippen molar-refractivity contribution >= 4 is 5.78 Å². The van der Waals surface area contributed by atoms with Gasteiger partial charge in [-0.1, -0.05) is 29.8 Å². The SMILES string of the molecule is C[NH2+]C(C)C(=O)c1ccc(C)cc1. The van der Waals surface area contributed by atoms with E-state index in [1.807, 2.05) is 50.5 Å². The topological polar surface area (TPSA) is 33.7 Å². The lowest BCUT2D eigenvalue weighted by molar-refractivity contribution is -0.645. The van der Waals surface area contributed by atoms with E-state index < -0.39 is 0 Å². The molecule has 0 amide bonds. The normalized spacial score (nSPS) is 12.5. The second kappa shape index (κ2) is 4.19. The molecule has 1 aromatic rings. The molecule has 0 aliphatic heterocycles. The molecule has 0 saturated carbocycles. The Morgan fingerprint density at radius 3 is 2.31 bits per heavy atom. The quantitative estimate of drug-likeness (QED) is 0.681. The predicted molar refractivity (Wildman–Crippen MR) is 52.8 cm³/mol. The van der Waals surface area contributed by atoms with Gasteiger partial charge in [-0.05, 0) is 13.8 Å². The van der Waals surface area contributed by atoms with E-state index in [2.05, 4.69) is 0 Å². The summed E-state index contributed by atoms with van der Waals surface area (Å²) in [4.78, 5) is 11.7. The third-order valence-electron chi connectivity index (χ3n) is 2.25. The molecule has 0 radical (unpaired) electrons. The van der Waals surface area contributed by atoms with Gasteiger partial charge in [-0.3, -0.25) is 4.79 Å². The van der Waals surface area contributed by atoms with Gasteiger partial charge in [-0.15, -0.1) is 0 Å². The highest BCUT2D eigenvalue weighted by molar-refractivity contribution is 5.98. The Hall–Kier alpha value is -1.15. The fourth-order valence-electron chi connectivity index (χ4n) is 1.13. The summed E-state index contributed by atoms with van der Waals surface area (Å²) in [6.07, 6.45) is 0. The summed E-state index contributed by atoms with van der Waals surface area (Å²) in [5.41, 5.74) is 1.99. The minimum Gasteiger partial charge on any atom is -0.340 e. The molecule has 0 fully saturated rings. The summed E-state index contributed by atoms with van der Waals surface area (Å²) in [7, 11) is 1.91. The number of aryl methyl sites for hydroxylation is 1. The predicted octanol–water partition coefficient (Wildman–Crippen LogP) is 0.759. The number of carbonyl (C=O) groups is 1. The van der Waals surface area contributed by atoms with Crippen molar-refractivity contribution in [3.05, 3.63) is 35.4 Å². The Balaban J connectivity index is 2.83. The van der Waals surface area contributed by atoms with Crippen molar-refractivity contribution < 1.29 is 10.1 Å². The Bertz CT molecular complexity index is 289. The van der Waals surface area contributed by atoms with Crippen molar-refractivity contribution in [1.29, 1.82) is 0 Å². The zero-order valence-electron chi connectivity index (χ0n) is 8.37. The molecule has 0 aromatic heterocycles. The first-order valence-electron chi connectivity index (χ1n) is 4.55. The molecule has 1 atom stereocenters. The zero-order chi connectivity index (χ0) is 9.84. The van der Waals surface area contributed by atoms with Crippen LogP contribution in [-0.2, 0) is 0 Å². The van der Waals surface area contributed by atoms with Gasteiger partial charge in [0.2, 0.25) is 5.78 Å². The lowest BCUT2D eigenvalue weighted by atomic mass is 10.0. The molecule has 70 valence electrons. The van der Waals surface area contributed by atoms with E-state index in [-0.39, 0.29) is 11.8 Å². The van der Waals surface area contributed by atoms with Crippen molar-refractivity contribution in [3.8, 4) is 0 Å². The van der Waals surface area contributed by atoms with Gasteiger partial charge in [0.05, 0.1) is 7.05 Å². The van der Waals surface area contributed by atoms with E-state index in [1.54, 1.807) is 0 Å². The lowest BCUT2D eigenvalue weighted by Gasteiger charge is -2.05. The van der Waals surface area contributed by atoms with Gasteiger partial charge in [0.25, 0.3) is 0 Å². The van der Waals surface area contributed by atoms with Crippen LogP contribution in [0.3, 0.4) is 0 Å². The molecule has 0 aliphatic carbocycles. The van der Waals surface area contributed by atoms with E-state index in [9.17, 15) is 4.79 Å². The van der Waals surface area contributed by atoms with E-state index in [0.29, 0.717) is 0 Å². The Morgan fingerprint density at radius 1 is 1.31 bits per heavy atom. The monoisotopic (exact) mass is 178 g/mol. The summed E-state index contributed by atoms with van der Waals surface area (Å²) in [5, 5.41) is 1.92. The number of likely N-dealkylation sites (N-methyl/N-ethyl adjacent to an activating group) is 1. The van der Waals surface area contributed by atoms with Crippen LogP contribution in [0.2, 0.25) is 0 Å². The van der Waals surface area contributed by atoms with E-state index in [4.69, 9.17) is 0 Å². The maximum absolute atomic E-state index is 11.7. The summed E-state index contributed by atoms with van der Waals surface area (Å²) >= 11 is 0. The first-order valence-corrected chi connectivity index (χ1v) is 4.55. The number of rotatable bonds is 3. The number of quaternary nitrogens is 1. The van der Waals surface area contributed by atoms with Gasteiger partial charge in [0.1, 0.15) is 6.04 Å². The Kier molecular flexibility index (Phi) is 3.20. The van der Waals surface area contributed by atoms with Crippen LogP contribution in [0.15, 0.2) is 24.3 Å². The standard InChI is InChI=1S/C11H15NO/c1-8-4-6-10(7-5-8)11(13)9(2)12-3/h4-7,9,12H,1-3H3/p+1. The molecule has 0 aliphatic rings. The Labute approximate surface area is 79.0 Å².